The van der Waals surface area contributed by atoms with Gasteiger partial charge in [0.1, 0.15) is 13.2 Å². The van der Waals surface area contributed by atoms with E-state index in [1.54, 1.807) is 0 Å². The molecule has 71 heavy (non-hydrogen) atoms. The summed E-state index contributed by atoms with van der Waals surface area (Å²) in [5.41, 5.74) is 0. The third-order valence-electron chi connectivity index (χ3n) is 13.2. The molecule has 0 rings (SSSR count). The molecule has 0 heterocycles. The van der Waals surface area contributed by atoms with Crippen LogP contribution in [0.3, 0.4) is 0 Å². The van der Waals surface area contributed by atoms with E-state index in [4.69, 9.17) is 14.2 Å². The number of carbonyl (C=O) groups excluding carboxylic acids is 3. The molecule has 0 unspecified atom stereocenters. The molecule has 0 amide bonds. The second-order valence-corrected chi connectivity index (χ2v) is 20.2. The monoisotopic (exact) mass is 991 g/mol. The molecule has 0 bridgehead atoms. The highest BCUT2D eigenvalue weighted by molar-refractivity contribution is 5.71. The second-order valence-electron chi connectivity index (χ2n) is 20.2. The van der Waals surface area contributed by atoms with Crippen molar-refractivity contribution in [3.8, 4) is 0 Å². The molecule has 1 atom stereocenters. The molecule has 410 valence electrons. The third kappa shape index (κ3) is 57.6. The van der Waals surface area contributed by atoms with E-state index in [2.05, 4.69) is 93.7 Å². The van der Waals surface area contributed by atoms with Crippen molar-refractivity contribution in [2.24, 2.45) is 0 Å². The lowest BCUT2D eigenvalue weighted by atomic mass is 10.0. The minimum absolute atomic E-state index is 0.0926. The van der Waals surface area contributed by atoms with E-state index in [0.29, 0.717) is 19.3 Å². The quantitative estimate of drug-likeness (QED) is 0.0261. The summed E-state index contributed by atoms with van der Waals surface area (Å²) >= 11 is 0. The van der Waals surface area contributed by atoms with Crippen LogP contribution >= 0.6 is 0 Å². The number of hydrogen-bond donors (Lipinski definition) is 0. The van der Waals surface area contributed by atoms with Crippen molar-refractivity contribution in [2.45, 2.75) is 309 Å². The first kappa shape index (κ1) is 67.8. The van der Waals surface area contributed by atoms with Crippen molar-refractivity contribution in [1.82, 2.24) is 0 Å². The van der Waals surface area contributed by atoms with Gasteiger partial charge in [0.15, 0.2) is 6.10 Å². The Morgan fingerprint density at radius 3 is 0.901 bits per heavy atom. The minimum atomic E-state index is -0.799. The summed E-state index contributed by atoms with van der Waals surface area (Å²) in [6.45, 7) is 6.51. The number of hydrogen-bond acceptors (Lipinski definition) is 6. The standard InChI is InChI=1S/C65H114O6/c1-4-7-10-13-16-19-22-25-28-30-31-32-33-35-38-40-43-46-49-52-55-58-64(67)70-61-62(71-65(68)59-56-53-50-47-44-41-36-27-24-21-18-15-12-9-6-3)60-69-63(66)57-54-51-48-45-42-39-37-34-29-26-23-20-17-14-11-8-5-2/h9,12,18,21,25-29,36,44,47,62H,4-8,10-11,13-17,19-20,22-24,30-35,37-43,45-46,48-61H2,1-3H3/b12-9-,21-18-,28-25-,29-26-,36-27-,47-44-/t62-/m0/s1. The Balaban J connectivity index is 4.38. The highest BCUT2D eigenvalue weighted by Crippen LogP contribution is 2.16. The Morgan fingerprint density at radius 2 is 0.549 bits per heavy atom. The SMILES string of the molecule is CC/C=C\C/C=C\C/C=C\C/C=C\CCCCC(=O)O[C@@H](COC(=O)CCCCCCCCC/C=C\CCCCCCCC)COC(=O)CCCCCCCCCCCCC/C=C\CCCCCCCC. The molecule has 0 aromatic carbocycles. The van der Waals surface area contributed by atoms with Gasteiger partial charge in [-0.1, -0.05) is 248 Å². The average Bonchev–Trinajstić information content (AvgIpc) is 3.37. The van der Waals surface area contributed by atoms with Crippen LogP contribution < -0.4 is 0 Å². The molecule has 0 saturated carbocycles. The summed E-state index contributed by atoms with van der Waals surface area (Å²) in [7, 11) is 0. The number of ether oxygens (including phenoxy) is 3. The fourth-order valence-electron chi connectivity index (χ4n) is 8.60. The first-order chi connectivity index (χ1) is 35.0. The zero-order valence-electron chi connectivity index (χ0n) is 47.0. The van der Waals surface area contributed by atoms with E-state index in [1.807, 2.05) is 0 Å². The van der Waals surface area contributed by atoms with Gasteiger partial charge in [0.2, 0.25) is 0 Å². The van der Waals surface area contributed by atoms with Crippen LogP contribution in [0, 0.1) is 0 Å². The molecule has 0 radical (unpaired) electrons. The van der Waals surface area contributed by atoms with Crippen molar-refractivity contribution >= 4 is 17.9 Å². The van der Waals surface area contributed by atoms with E-state index in [0.717, 1.165) is 77.0 Å². The van der Waals surface area contributed by atoms with Crippen LogP contribution in [0.15, 0.2) is 72.9 Å². The number of unbranched alkanes of at least 4 members (excludes halogenated alkanes) is 32. The van der Waals surface area contributed by atoms with Gasteiger partial charge in [0.25, 0.3) is 0 Å². The van der Waals surface area contributed by atoms with Gasteiger partial charge in [0, 0.05) is 19.3 Å². The van der Waals surface area contributed by atoms with Crippen molar-refractivity contribution in [2.75, 3.05) is 13.2 Å². The highest BCUT2D eigenvalue weighted by Gasteiger charge is 2.19. The average molecular weight is 992 g/mol. The van der Waals surface area contributed by atoms with Gasteiger partial charge in [-0.2, -0.15) is 0 Å². The molecule has 0 aromatic rings. The fraction of sp³-hybridized carbons (Fsp3) is 0.769. The van der Waals surface area contributed by atoms with Crippen LogP contribution in [-0.2, 0) is 28.6 Å². The summed E-state index contributed by atoms with van der Waals surface area (Å²) in [5, 5.41) is 0. The second kappa shape index (κ2) is 59.4. The van der Waals surface area contributed by atoms with E-state index in [9.17, 15) is 14.4 Å². The fourth-order valence-corrected chi connectivity index (χ4v) is 8.60. The van der Waals surface area contributed by atoms with Crippen LogP contribution in [0.1, 0.15) is 303 Å². The third-order valence-corrected chi connectivity index (χ3v) is 13.2. The van der Waals surface area contributed by atoms with E-state index >= 15 is 0 Å². The molecule has 0 aliphatic carbocycles. The van der Waals surface area contributed by atoms with Gasteiger partial charge in [-0.25, -0.2) is 0 Å². The van der Waals surface area contributed by atoms with E-state index < -0.39 is 6.10 Å². The van der Waals surface area contributed by atoms with Gasteiger partial charge in [-0.3, -0.25) is 14.4 Å². The molecule has 0 aliphatic rings. The van der Waals surface area contributed by atoms with E-state index in [1.165, 1.54) is 180 Å². The zero-order valence-corrected chi connectivity index (χ0v) is 47.0. The van der Waals surface area contributed by atoms with Crippen molar-refractivity contribution in [3.63, 3.8) is 0 Å². The predicted octanol–water partition coefficient (Wildman–Crippen LogP) is 20.5. The molecule has 0 fully saturated rings. The van der Waals surface area contributed by atoms with Crippen molar-refractivity contribution < 1.29 is 28.6 Å². The van der Waals surface area contributed by atoms with Gasteiger partial charge in [-0.05, 0) is 109 Å². The number of allylic oxidation sites excluding steroid dienone is 12. The summed E-state index contributed by atoms with van der Waals surface area (Å²) in [6.07, 6.45) is 76.2. The lowest BCUT2D eigenvalue weighted by Gasteiger charge is -2.18. The largest absolute Gasteiger partial charge is 0.462 e. The molecule has 0 N–H and O–H groups in total. The molecule has 0 saturated heterocycles. The maximum Gasteiger partial charge on any atom is 0.306 e. The van der Waals surface area contributed by atoms with Crippen molar-refractivity contribution in [1.29, 1.82) is 0 Å². The number of esters is 3. The van der Waals surface area contributed by atoms with Gasteiger partial charge in [0.05, 0.1) is 0 Å². The maximum atomic E-state index is 12.9. The maximum absolute atomic E-state index is 12.9. The Morgan fingerprint density at radius 1 is 0.296 bits per heavy atom. The molecule has 0 aliphatic heterocycles. The Hall–Kier alpha value is -3.15. The molecule has 0 aromatic heterocycles. The summed E-state index contributed by atoms with van der Waals surface area (Å²) in [5.74, 6) is -0.929. The lowest BCUT2D eigenvalue weighted by molar-refractivity contribution is -0.167. The number of rotatable bonds is 55. The van der Waals surface area contributed by atoms with E-state index in [-0.39, 0.29) is 37.5 Å². The smallest absolute Gasteiger partial charge is 0.306 e. The molecular formula is C65H114O6. The van der Waals surface area contributed by atoms with Crippen LogP contribution in [-0.4, -0.2) is 37.2 Å². The van der Waals surface area contributed by atoms with Gasteiger partial charge >= 0.3 is 17.9 Å². The highest BCUT2D eigenvalue weighted by atomic mass is 16.6. The molecule has 0 spiro atoms. The minimum Gasteiger partial charge on any atom is -0.462 e. The lowest BCUT2D eigenvalue weighted by Crippen LogP contribution is -2.30. The zero-order chi connectivity index (χ0) is 51.4. The summed E-state index contributed by atoms with van der Waals surface area (Å²) < 4.78 is 16.9. The Bertz CT molecular complexity index is 1320. The number of carbonyl (C=O) groups is 3. The van der Waals surface area contributed by atoms with Crippen molar-refractivity contribution in [3.05, 3.63) is 72.9 Å². The Labute approximate surface area is 440 Å². The van der Waals surface area contributed by atoms with Crippen LogP contribution in [0.2, 0.25) is 0 Å². The normalized spacial score (nSPS) is 12.5. The van der Waals surface area contributed by atoms with Crippen LogP contribution in [0.25, 0.3) is 0 Å². The first-order valence-corrected chi connectivity index (χ1v) is 30.4. The molecular weight excluding hydrogens is 877 g/mol. The van der Waals surface area contributed by atoms with Gasteiger partial charge < -0.3 is 14.2 Å². The topological polar surface area (TPSA) is 78.9 Å². The predicted molar refractivity (Wildman–Crippen MR) is 307 cm³/mol. The van der Waals surface area contributed by atoms with Crippen LogP contribution in [0.5, 0.6) is 0 Å². The summed E-state index contributed by atoms with van der Waals surface area (Å²) in [4.78, 5) is 38.2. The molecule has 6 nitrogen and oxygen atoms in total. The van der Waals surface area contributed by atoms with Crippen LogP contribution in [0.4, 0.5) is 0 Å². The van der Waals surface area contributed by atoms with Gasteiger partial charge in [-0.15, -0.1) is 0 Å². The first-order valence-electron chi connectivity index (χ1n) is 30.4. The summed E-state index contributed by atoms with van der Waals surface area (Å²) in [6, 6.07) is 0. The molecule has 6 heteroatoms. The Kier molecular flexibility index (Phi) is 56.8.